The summed E-state index contributed by atoms with van der Waals surface area (Å²) in [6, 6.07) is 3.94. The van der Waals surface area contributed by atoms with Gasteiger partial charge in [0.05, 0.1) is 5.69 Å². The lowest BCUT2D eigenvalue weighted by atomic mass is 10.3. The molecule has 0 aliphatic heterocycles. The van der Waals surface area contributed by atoms with E-state index in [2.05, 4.69) is 10.1 Å². The van der Waals surface area contributed by atoms with Crippen LogP contribution in [0.1, 0.15) is 10.6 Å². The van der Waals surface area contributed by atoms with Gasteiger partial charge in [0.25, 0.3) is 5.56 Å². The van der Waals surface area contributed by atoms with Crippen molar-refractivity contribution in [3.8, 4) is 0 Å². The molecular formula is C11H6ClN3OS2. The number of hydrogen-bond donors (Lipinski definition) is 0. The summed E-state index contributed by atoms with van der Waals surface area (Å²) < 4.78 is 1.20. The Morgan fingerprint density at radius 2 is 2.22 bits per heavy atom. The molecule has 0 bridgehead atoms. The monoisotopic (exact) mass is 295 g/mol. The van der Waals surface area contributed by atoms with Gasteiger partial charge in [-0.2, -0.15) is 9.61 Å². The Bertz CT molecular complexity index is 773. The largest absolute Gasteiger partial charge is 0.294 e. The van der Waals surface area contributed by atoms with Crippen LogP contribution in [0.3, 0.4) is 0 Å². The molecule has 3 heterocycles. The van der Waals surface area contributed by atoms with Gasteiger partial charge in [-0.3, -0.25) is 4.79 Å². The minimum absolute atomic E-state index is 0.0891. The first-order chi connectivity index (χ1) is 8.75. The van der Waals surface area contributed by atoms with Gasteiger partial charge in [-0.05, 0) is 23.6 Å². The summed E-state index contributed by atoms with van der Waals surface area (Å²) in [6.07, 6.45) is 3.63. The van der Waals surface area contributed by atoms with E-state index in [9.17, 15) is 4.79 Å². The van der Waals surface area contributed by atoms with Crippen LogP contribution in [0.15, 0.2) is 27.8 Å². The molecule has 0 saturated heterocycles. The zero-order valence-electron chi connectivity index (χ0n) is 8.91. The molecule has 7 heteroatoms. The third-order valence-electron chi connectivity index (χ3n) is 2.27. The fourth-order valence-corrected chi connectivity index (χ4v) is 2.86. The normalized spacial score (nSPS) is 11.6. The van der Waals surface area contributed by atoms with Crippen molar-refractivity contribution >= 4 is 51.4 Å². The molecule has 0 aliphatic carbocycles. The van der Waals surface area contributed by atoms with Crippen molar-refractivity contribution in [2.24, 2.45) is 0 Å². The molecule has 0 spiro atoms. The van der Waals surface area contributed by atoms with Crippen LogP contribution in [-0.2, 0) is 0 Å². The van der Waals surface area contributed by atoms with Crippen molar-refractivity contribution in [1.29, 1.82) is 0 Å². The second kappa shape index (κ2) is 4.64. The first-order valence-corrected chi connectivity index (χ1v) is 7.13. The lowest BCUT2D eigenvalue weighted by Gasteiger charge is -1.97. The third kappa shape index (κ3) is 1.98. The van der Waals surface area contributed by atoms with Gasteiger partial charge in [-0.1, -0.05) is 29.0 Å². The molecule has 0 N–H and O–H groups in total. The van der Waals surface area contributed by atoms with E-state index in [1.807, 2.05) is 23.6 Å². The van der Waals surface area contributed by atoms with Crippen molar-refractivity contribution in [2.45, 2.75) is 0 Å². The summed E-state index contributed by atoms with van der Waals surface area (Å²) in [7, 11) is 0. The average Bonchev–Trinajstić information content (AvgIpc) is 3.02. The molecule has 0 aromatic carbocycles. The van der Waals surface area contributed by atoms with Crippen molar-refractivity contribution in [2.75, 3.05) is 0 Å². The zero-order valence-corrected chi connectivity index (χ0v) is 11.3. The standard InChI is InChI=1S/C11H6ClN3OS2/c12-9-8(4-3-7-2-1-5-17-7)14-11-15(10(9)16)13-6-18-11/h1-6H/b4-3+. The second-order valence-electron chi connectivity index (χ2n) is 3.40. The van der Waals surface area contributed by atoms with Gasteiger partial charge < -0.3 is 0 Å². The van der Waals surface area contributed by atoms with Crippen LogP contribution >= 0.6 is 34.3 Å². The smallest absolute Gasteiger partial charge is 0.266 e. The van der Waals surface area contributed by atoms with Crippen molar-refractivity contribution in [1.82, 2.24) is 14.6 Å². The van der Waals surface area contributed by atoms with Crippen LogP contribution in [-0.4, -0.2) is 14.6 Å². The first-order valence-electron chi connectivity index (χ1n) is 4.99. The van der Waals surface area contributed by atoms with E-state index in [0.717, 1.165) is 4.88 Å². The van der Waals surface area contributed by atoms with E-state index in [1.165, 1.54) is 15.9 Å². The van der Waals surface area contributed by atoms with E-state index < -0.39 is 0 Å². The maximum absolute atomic E-state index is 11.9. The highest BCUT2D eigenvalue weighted by Gasteiger charge is 2.09. The summed E-state index contributed by atoms with van der Waals surface area (Å²) in [6.45, 7) is 0. The number of thiophene rings is 1. The van der Waals surface area contributed by atoms with E-state index in [-0.39, 0.29) is 10.6 Å². The quantitative estimate of drug-likeness (QED) is 0.730. The molecule has 0 radical (unpaired) electrons. The SMILES string of the molecule is O=c1c(Cl)c(/C=C/c2cccs2)nc2scnn12. The molecule has 0 unspecified atom stereocenters. The lowest BCUT2D eigenvalue weighted by molar-refractivity contribution is 0.897. The summed E-state index contributed by atoms with van der Waals surface area (Å²) in [5, 5.41) is 5.96. The number of hydrogen-bond acceptors (Lipinski definition) is 5. The van der Waals surface area contributed by atoms with Crippen LogP contribution < -0.4 is 5.56 Å². The molecule has 90 valence electrons. The molecule has 0 atom stereocenters. The molecule has 4 nitrogen and oxygen atoms in total. The van der Waals surface area contributed by atoms with Crippen molar-refractivity contribution < 1.29 is 0 Å². The van der Waals surface area contributed by atoms with Crippen LogP contribution in [0.5, 0.6) is 0 Å². The Morgan fingerprint density at radius 3 is 3.00 bits per heavy atom. The summed E-state index contributed by atoms with van der Waals surface area (Å²) in [5.74, 6) is 0. The zero-order chi connectivity index (χ0) is 12.5. The molecule has 18 heavy (non-hydrogen) atoms. The van der Waals surface area contributed by atoms with Gasteiger partial charge in [0.2, 0.25) is 4.96 Å². The Morgan fingerprint density at radius 1 is 1.33 bits per heavy atom. The molecule has 3 aromatic heterocycles. The molecule has 0 amide bonds. The number of rotatable bonds is 2. The summed E-state index contributed by atoms with van der Waals surface area (Å²) >= 11 is 8.90. The van der Waals surface area contributed by atoms with Gasteiger partial charge in [-0.25, -0.2) is 4.98 Å². The predicted octanol–water partition coefficient (Wildman–Crippen LogP) is 3.04. The average molecular weight is 296 g/mol. The highest BCUT2D eigenvalue weighted by Crippen LogP contribution is 2.17. The Hall–Kier alpha value is -1.50. The van der Waals surface area contributed by atoms with Gasteiger partial charge in [-0.15, -0.1) is 11.3 Å². The minimum Gasteiger partial charge on any atom is -0.266 e. The third-order valence-corrected chi connectivity index (χ3v) is 4.14. The molecule has 0 aliphatic rings. The first kappa shape index (κ1) is 11.6. The molecule has 0 fully saturated rings. The maximum Gasteiger partial charge on any atom is 0.294 e. The maximum atomic E-state index is 11.9. The van der Waals surface area contributed by atoms with Gasteiger partial charge in [0.1, 0.15) is 10.5 Å². The highest BCUT2D eigenvalue weighted by molar-refractivity contribution is 7.14. The lowest BCUT2D eigenvalue weighted by Crippen LogP contribution is -2.16. The van der Waals surface area contributed by atoms with Crippen molar-refractivity contribution in [3.05, 3.63) is 49.0 Å². The summed E-state index contributed by atoms with van der Waals surface area (Å²) in [4.78, 5) is 17.8. The van der Waals surface area contributed by atoms with E-state index in [0.29, 0.717) is 10.7 Å². The molecule has 3 aromatic rings. The number of aromatic nitrogens is 3. The predicted molar refractivity (Wildman–Crippen MR) is 75.4 cm³/mol. The van der Waals surface area contributed by atoms with E-state index >= 15 is 0 Å². The summed E-state index contributed by atoms with van der Waals surface area (Å²) in [5.41, 5.74) is 1.69. The van der Waals surface area contributed by atoms with Gasteiger partial charge in [0, 0.05) is 4.88 Å². The minimum atomic E-state index is -0.339. The fraction of sp³-hybridized carbons (Fsp3) is 0. The second-order valence-corrected chi connectivity index (χ2v) is 5.57. The Labute approximate surface area is 115 Å². The topological polar surface area (TPSA) is 47.3 Å². The Balaban J connectivity index is 2.12. The molecule has 0 saturated carbocycles. The van der Waals surface area contributed by atoms with Gasteiger partial charge in [0.15, 0.2) is 0 Å². The number of nitrogens with zero attached hydrogens (tertiary/aromatic N) is 3. The van der Waals surface area contributed by atoms with Crippen LogP contribution in [0, 0.1) is 0 Å². The Kier molecular flexibility index (Phi) is 2.99. The molecule has 3 rings (SSSR count). The molecular weight excluding hydrogens is 290 g/mol. The number of fused-ring (bicyclic) bond motifs is 1. The van der Waals surface area contributed by atoms with Crippen molar-refractivity contribution in [3.63, 3.8) is 0 Å². The van der Waals surface area contributed by atoms with Gasteiger partial charge >= 0.3 is 0 Å². The van der Waals surface area contributed by atoms with Crippen LogP contribution in [0.2, 0.25) is 5.02 Å². The van der Waals surface area contributed by atoms with Crippen LogP contribution in [0.4, 0.5) is 0 Å². The highest BCUT2D eigenvalue weighted by atomic mass is 35.5. The fourth-order valence-electron chi connectivity index (χ4n) is 1.44. The van der Waals surface area contributed by atoms with Crippen LogP contribution in [0.25, 0.3) is 17.1 Å². The number of halogens is 1. The van der Waals surface area contributed by atoms with E-state index in [4.69, 9.17) is 11.6 Å². The van der Waals surface area contributed by atoms with E-state index in [1.54, 1.807) is 22.9 Å².